The summed E-state index contributed by atoms with van der Waals surface area (Å²) >= 11 is 0. The molecule has 4 rings (SSSR count). The second-order valence-corrected chi connectivity index (χ2v) is 10.9. The van der Waals surface area contributed by atoms with Crippen molar-refractivity contribution in [2.45, 2.75) is 58.6 Å². The molecule has 0 radical (unpaired) electrons. The fourth-order valence-corrected chi connectivity index (χ4v) is 4.54. The largest absolute Gasteiger partial charge is 0.449 e. The summed E-state index contributed by atoms with van der Waals surface area (Å²) in [4.78, 5) is 65.8. The summed E-state index contributed by atoms with van der Waals surface area (Å²) in [7, 11) is 1.70. The zero-order valence-electron chi connectivity index (χ0n) is 23.7. The Balaban J connectivity index is 1.44. The Morgan fingerprint density at radius 1 is 1.10 bits per heavy atom. The van der Waals surface area contributed by atoms with Crippen LogP contribution in [-0.2, 0) is 41.7 Å². The quantitative estimate of drug-likeness (QED) is 0.487. The Morgan fingerprint density at radius 3 is 2.46 bits per heavy atom. The van der Waals surface area contributed by atoms with Crippen LogP contribution < -0.4 is 15.5 Å². The summed E-state index contributed by atoms with van der Waals surface area (Å²) in [5, 5.41) is 5.32. The molecule has 2 aromatic rings. The second-order valence-electron chi connectivity index (χ2n) is 10.9. The zero-order chi connectivity index (χ0) is 29.9. The van der Waals surface area contributed by atoms with Gasteiger partial charge in [-0.2, -0.15) is 0 Å². The number of anilines is 2. The predicted octanol–water partition coefficient (Wildman–Crippen LogP) is 2.60. The summed E-state index contributed by atoms with van der Waals surface area (Å²) in [5.74, 6) is -2.11. The normalized spacial score (nSPS) is 17.5. The summed E-state index contributed by atoms with van der Waals surface area (Å²) < 4.78 is 16.1. The van der Waals surface area contributed by atoms with Gasteiger partial charge in [0.25, 0.3) is 17.7 Å². The van der Waals surface area contributed by atoms with Gasteiger partial charge in [-0.1, -0.05) is 12.1 Å². The average Bonchev–Trinajstić information content (AvgIpc) is 3.18. The minimum atomic E-state index is -1.54. The Hall–Kier alpha value is -4.45. The van der Waals surface area contributed by atoms with Crippen molar-refractivity contribution in [2.24, 2.45) is 0 Å². The summed E-state index contributed by atoms with van der Waals surface area (Å²) in [5.41, 5.74) is 2.47. The highest BCUT2D eigenvalue weighted by Crippen LogP contribution is 2.29. The molecule has 2 aliphatic rings. The van der Waals surface area contributed by atoms with E-state index in [1.54, 1.807) is 75.2 Å². The molecule has 218 valence electrons. The molecule has 2 atom stereocenters. The van der Waals surface area contributed by atoms with E-state index in [2.05, 4.69) is 10.6 Å². The molecule has 1 saturated heterocycles. The van der Waals surface area contributed by atoms with Gasteiger partial charge in [0.15, 0.2) is 6.10 Å². The molecule has 0 aliphatic carbocycles. The molecular weight excluding hydrogens is 532 g/mol. The van der Waals surface area contributed by atoms with Gasteiger partial charge in [-0.25, -0.2) is 4.79 Å². The monoisotopic (exact) mass is 566 g/mol. The molecule has 2 N–H and O–H groups in total. The van der Waals surface area contributed by atoms with Crippen LogP contribution in [0.4, 0.5) is 16.2 Å². The molecule has 0 saturated carbocycles. The van der Waals surface area contributed by atoms with Crippen LogP contribution in [0, 0.1) is 0 Å². The van der Waals surface area contributed by atoms with Gasteiger partial charge in [0.1, 0.15) is 5.60 Å². The van der Waals surface area contributed by atoms with Crippen LogP contribution in [0.25, 0.3) is 0 Å². The lowest BCUT2D eigenvalue weighted by molar-refractivity contribution is -0.167. The first-order chi connectivity index (χ1) is 19.3. The lowest BCUT2D eigenvalue weighted by Gasteiger charge is -2.35. The lowest BCUT2D eigenvalue weighted by atomic mass is 10.1. The number of alkyl carbamates (subject to hydrolysis) is 1. The molecule has 12 nitrogen and oxygen atoms in total. The number of benzene rings is 2. The molecule has 41 heavy (non-hydrogen) atoms. The van der Waals surface area contributed by atoms with E-state index < -0.39 is 41.7 Å². The number of esters is 1. The van der Waals surface area contributed by atoms with Crippen molar-refractivity contribution >= 4 is 41.2 Å². The molecule has 2 heterocycles. The van der Waals surface area contributed by atoms with Gasteiger partial charge in [-0.15, -0.1) is 0 Å². The number of hydrogen-bond donors (Lipinski definition) is 2. The highest BCUT2D eigenvalue weighted by molar-refractivity contribution is 6.05. The van der Waals surface area contributed by atoms with E-state index >= 15 is 0 Å². The highest BCUT2D eigenvalue weighted by atomic mass is 16.6. The first kappa shape index (κ1) is 29.5. The first-order valence-corrected chi connectivity index (χ1v) is 13.2. The molecule has 1 fully saturated rings. The zero-order valence-corrected chi connectivity index (χ0v) is 23.7. The van der Waals surface area contributed by atoms with Crippen molar-refractivity contribution in [1.82, 2.24) is 10.2 Å². The number of hydrogen-bond acceptors (Lipinski definition) is 8. The maximum atomic E-state index is 13.5. The number of morpholine rings is 1. The van der Waals surface area contributed by atoms with Crippen molar-refractivity contribution in [1.29, 1.82) is 0 Å². The fraction of sp³-hybridized carbons (Fsp3) is 0.414. The summed E-state index contributed by atoms with van der Waals surface area (Å²) in [6.07, 6.45) is -3.47. The minimum Gasteiger partial charge on any atom is -0.449 e. The molecule has 2 aliphatic heterocycles. The molecular formula is C29H34N4O8. The third kappa shape index (κ3) is 7.20. The molecule has 12 heteroatoms. The van der Waals surface area contributed by atoms with Crippen LogP contribution in [0.2, 0.25) is 0 Å². The van der Waals surface area contributed by atoms with E-state index in [0.29, 0.717) is 23.5 Å². The van der Waals surface area contributed by atoms with E-state index in [9.17, 15) is 24.0 Å². The number of rotatable bonds is 7. The SMILES string of the molecule is CC(=O)O[C@@H](C(=O)Nc1ccc(CNC(=O)OC(C)(C)C)cc1)[C@H]1OCCN(c2ccc3c(c2)CN(C)C3=O)C1=O. The molecule has 4 amide bonds. The number of nitrogens with one attached hydrogen (secondary N) is 2. The third-order valence-corrected chi connectivity index (χ3v) is 6.39. The highest BCUT2D eigenvalue weighted by Gasteiger charge is 2.43. The maximum absolute atomic E-state index is 13.5. The van der Waals surface area contributed by atoms with Gasteiger partial charge in [0.2, 0.25) is 6.10 Å². The smallest absolute Gasteiger partial charge is 0.407 e. The van der Waals surface area contributed by atoms with Crippen molar-refractivity contribution in [2.75, 3.05) is 30.4 Å². The van der Waals surface area contributed by atoms with Crippen LogP contribution in [-0.4, -0.2) is 72.7 Å². The number of nitrogens with zero attached hydrogens (tertiary/aromatic N) is 2. The van der Waals surface area contributed by atoms with Gasteiger partial charge < -0.3 is 34.6 Å². The molecule has 0 spiro atoms. The Bertz CT molecular complexity index is 1350. The number of ether oxygens (including phenoxy) is 3. The van der Waals surface area contributed by atoms with E-state index in [4.69, 9.17) is 14.2 Å². The van der Waals surface area contributed by atoms with Crippen molar-refractivity contribution in [3.63, 3.8) is 0 Å². The van der Waals surface area contributed by atoms with Crippen LogP contribution in [0.3, 0.4) is 0 Å². The van der Waals surface area contributed by atoms with Crippen LogP contribution >= 0.6 is 0 Å². The summed E-state index contributed by atoms with van der Waals surface area (Å²) in [6.45, 7) is 7.43. The second kappa shape index (κ2) is 12.0. The Labute approximate surface area is 237 Å². The average molecular weight is 567 g/mol. The Kier molecular flexibility index (Phi) is 8.62. The van der Waals surface area contributed by atoms with Crippen molar-refractivity contribution < 1.29 is 38.2 Å². The predicted molar refractivity (Wildman–Crippen MR) is 148 cm³/mol. The van der Waals surface area contributed by atoms with Gasteiger partial charge in [0, 0.05) is 50.5 Å². The van der Waals surface area contributed by atoms with Crippen LogP contribution in [0.15, 0.2) is 42.5 Å². The third-order valence-electron chi connectivity index (χ3n) is 6.39. The minimum absolute atomic E-state index is 0.0864. The lowest BCUT2D eigenvalue weighted by Crippen LogP contribution is -2.56. The Morgan fingerprint density at radius 2 is 1.80 bits per heavy atom. The van der Waals surface area contributed by atoms with Gasteiger partial charge >= 0.3 is 12.1 Å². The van der Waals surface area contributed by atoms with Crippen molar-refractivity contribution in [3.05, 3.63) is 59.2 Å². The summed E-state index contributed by atoms with van der Waals surface area (Å²) in [6, 6.07) is 11.8. The van der Waals surface area contributed by atoms with Crippen molar-refractivity contribution in [3.8, 4) is 0 Å². The fourth-order valence-electron chi connectivity index (χ4n) is 4.54. The number of amides is 4. The number of carbonyl (C=O) groups excluding carboxylic acids is 5. The van der Waals surface area contributed by atoms with Gasteiger partial charge in [-0.3, -0.25) is 19.2 Å². The van der Waals surface area contributed by atoms with E-state index in [0.717, 1.165) is 18.1 Å². The maximum Gasteiger partial charge on any atom is 0.407 e. The first-order valence-electron chi connectivity index (χ1n) is 13.2. The van der Waals surface area contributed by atoms with E-state index in [-0.39, 0.29) is 25.6 Å². The topological polar surface area (TPSA) is 144 Å². The standard InChI is InChI=1S/C29H34N4O8/c1-17(34)40-23(25(35)31-20-8-6-18(7-9-20)15-30-28(38)41-29(2,3)4)24-27(37)33(12-13-39-24)21-10-11-22-19(14-21)16-32(5)26(22)36/h6-11,14,23-24H,12-13,15-16H2,1-5H3,(H,30,38)(H,31,35)/t23-,24-/m1/s1. The number of carbonyl (C=O) groups is 5. The van der Waals surface area contributed by atoms with E-state index in [1.165, 1.54) is 4.90 Å². The molecule has 0 aromatic heterocycles. The van der Waals surface area contributed by atoms with E-state index in [1.807, 2.05) is 0 Å². The molecule has 0 unspecified atom stereocenters. The molecule has 2 aromatic carbocycles. The van der Waals surface area contributed by atoms with Gasteiger partial charge in [0.05, 0.1) is 6.61 Å². The van der Waals surface area contributed by atoms with Gasteiger partial charge in [-0.05, 0) is 62.2 Å². The van der Waals surface area contributed by atoms with Crippen LogP contribution in [0.1, 0.15) is 49.2 Å². The number of fused-ring (bicyclic) bond motifs is 1. The molecule has 0 bridgehead atoms. The van der Waals surface area contributed by atoms with Crippen LogP contribution in [0.5, 0.6) is 0 Å².